The maximum atomic E-state index is 15.3. The molecule has 2 fully saturated rings. The number of fused-ring (bicyclic) bond motifs is 1. The molecule has 2 amide bonds. The fourth-order valence-electron chi connectivity index (χ4n) is 4.50. The van der Waals surface area contributed by atoms with Gasteiger partial charge in [0.1, 0.15) is 11.5 Å². The molecule has 3 atom stereocenters. The van der Waals surface area contributed by atoms with Crippen LogP contribution >= 0.6 is 11.3 Å². The zero-order valence-electron chi connectivity index (χ0n) is 18.5. The van der Waals surface area contributed by atoms with E-state index in [9.17, 15) is 9.59 Å². The van der Waals surface area contributed by atoms with Gasteiger partial charge in [0, 0.05) is 18.9 Å². The topological polar surface area (TPSA) is 101 Å². The lowest BCUT2D eigenvalue weighted by Gasteiger charge is -2.45. The third kappa shape index (κ3) is 4.17. The fraction of sp³-hybridized carbons (Fsp3) is 0.417. The van der Waals surface area contributed by atoms with Gasteiger partial charge in [0.05, 0.1) is 33.7 Å². The number of nitrogens with one attached hydrogen (secondary N) is 1. The lowest BCUT2D eigenvalue weighted by Crippen LogP contribution is -2.53. The second-order valence-electron chi connectivity index (χ2n) is 9.36. The Morgan fingerprint density at radius 3 is 2.82 bits per heavy atom. The normalized spacial score (nSPS) is 25.2. The molecule has 2 aromatic heterocycles. The minimum absolute atomic E-state index is 0.109. The Bertz CT molecular complexity index is 1240. The van der Waals surface area contributed by atoms with E-state index >= 15 is 4.39 Å². The molecule has 2 aliphatic rings. The predicted octanol–water partition coefficient (Wildman–Crippen LogP) is 4.43. The fourth-order valence-corrected chi connectivity index (χ4v) is 5.16. The second-order valence-corrected chi connectivity index (χ2v) is 10.2. The Kier molecular flexibility index (Phi) is 5.31. The number of alkyl halides is 1. The quantitative estimate of drug-likeness (QED) is 0.555. The van der Waals surface area contributed by atoms with Crippen LogP contribution in [0.4, 0.5) is 15.9 Å². The summed E-state index contributed by atoms with van der Waals surface area (Å²) in [5.74, 6) is -1.05. The van der Waals surface area contributed by atoms with Crippen LogP contribution < -0.4 is 11.1 Å². The number of carbonyl (C=O) groups is 2. The van der Waals surface area contributed by atoms with Gasteiger partial charge in [0.15, 0.2) is 0 Å². The Balaban J connectivity index is 1.41. The minimum Gasteiger partial charge on any atom is -0.383 e. The minimum atomic E-state index is -1.46. The first-order valence-corrected chi connectivity index (χ1v) is 12.0. The van der Waals surface area contributed by atoms with Crippen molar-refractivity contribution in [2.75, 3.05) is 17.6 Å². The van der Waals surface area contributed by atoms with Crippen molar-refractivity contribution in [3.63, 3.8) is 0 Å². The number of nitrogens with two attached hydrogens (primary N) is 1. The van der Waals surface area contributed by atoms with Crippen LogP contribution in [0.2, 0.25) is 0 Å². The first-order chi connectivity index (χ1) is 15.7. The molecule has 1 aliphatic heterocycles. The summed E-state index contributed by atoms with van der Waals surface area (Å²) in [5, 5.41) is 2.67. The summed E-state index contributed by atoms with van der Waals surface area (Å²) in [7, 11) is 0. The standard InChI is InChI=1S/C24H26FN5O2S/c1-13-11-30(19(9-24(13,2)25)15-5-6-20-18(7-15)28-12-33-20)23(32)22(31)29-16-8-17(14-3-4-14)21(26)27-10-16/h5-8,10,12-14,19H,3-4,9,11H2,1-2H3,(H2,26,27)(H,29,31)/t13-,19-,24?/m1/s1. The van der Waals surface area contributed by atoms with Gasteiger partial charge in [0.2, 0.25) is 0 Å². The van der Waals surface area contributed by atoms with Gasteiger partial charge >= 0.3 is 11.8 Å². The zero-order valence-corrected chi connectivity index (χ0v) is 19.4. The number of thiazole rings is 1. The smallest absolute Gasteiger partial charge is 0.313 e. The van der Waals surface area contributed by atoms with Crippen molar-refractivity contribution in [1.82, 2.24) is 14.9 Å². The van der Waals surface area contributed by atoms with E-state index in [1.807, 2.05) is 18.2 Å². The largest absolute Gasteiger partial charge is 0.383 e. The van der Waals surface area contributed by atoms with E-state index in [0.29, 0.717) is 17.4 Å². The number of anilines is 2. The molecular formula is C24H26FN5O2S. The predicted molar refractivity (Wildman–Crippen MR) is 127 cm³/mol. The Morgan fingerprint density at radius 2 is 2.06 bits per heavy atom. The number of amides is 2. The second kappa shape index (κ2) is 8.06. The molecule has 3 N–H and O–H groups in total. The van der Waals surface area contributed by atoms with Gasteiger partial charge in [-0.05, 0) is 55.0 Å². The number of benzene rings is 1. The third-order valence-electron chi connectivity index (χ3n) is 6.89. The number of aromatic nitrogens is 2. The van der Waals surface area contributed by atoms with Crippen LogP contribution in [-0.4, -0.2) is 38.9 Å². The molecule has 0 radical (unpaired) electrons. The summed E-state index contributed by atoms with van der Waals surface area (Å²) in [6.07, 6.45) is 3.65. The molecule has 33 heavy (non-hydrogen) atoms. The van der Waals surface area contributed by atoms with E-state index in [1.54, 1.807) is 25.4 Å². The highest BCUT2D eigenvalue weighted by Crippen LogP contribution is 2.44. The number of likely N-dealkylation sites (tertiary alicyclic amines) is 1. The summed E-state index contributed by atoms with van der Waals surface area (Å²) >= 11 is 1.52. The molecule has 9 heteroatoms. The van der Waals surface area contributed by atoms with Gasteiger partial charge in [0.25, 0.3) is 0 Å². The number of halogens is 1. The first kappa shape index (κ1) is 21.8. The van der Waals surface area contributed by atoms with Crippen molar-refractivity contribution < 1.29 is 14.0 Å². The molecule has 5 rings (SSSR count). The Morgan fingerprint density at radius 1 is 1.27 bits per heavy atom. The molecule has 0 bridgehead atoms. The number of nitrogen functional groups attached to an aromatic ring is 1. The molecule has 3 heterocycles. The summed E-state index contributed by atoms with van der Waals surface area (Å²) in [6.45, 7) is 3.48. The Hall–Kier alpha value is -3.07. The van der Waals surface area contributed by atoms with Gasteiger partial charge in [-0.15, -0.1) is 11.3 Å². The van der Waals surface area contributed by atoms with E-state index in [4.69, 9.17) is 5.73 Å². The van der Waals surface area contributed by atoms with Crippen molar-refractivity contribution in [2.45, 2.75) is 50.7 Å². The summed E-state index contributed by atoms with van der Waals surface area (Å²) in [4.78, 5) is 36.2. The molecular weight excluding hydrogens is 441 g/mol. The third-order valence-corrected chi connectivity index (χ3v) is 7.70. The highest BCUT2D eigenvalue weighted by Gasteiger charge is 2.45. The van der Waals surface area contributed by atoms with E-state index in [1.165, 1.54) is 22.4 Å². The highest BCUT2D eigenvalue weighted by molar-refractivity contribution is 7.16. The van der Waals surface area contributed by atoms with Gasteiger partial charge in [-0.25, -0.2) is 14.4 Å². The molecule has 3 aromatic rings. The van der Waals surface area contributed by atoms with Crippen molar-refractivity contribution in [1.29, 1.82) is 0 Å². The summed E-state index contributed by atoms with van der Waals surface area (Å²) in [6, 6.07) is 6.93. The van der Waals surface area contributed by atoms with Crippen molar-refractivity contribution in [3.8, 4) is 0 Å². The number of hydrogen-bond acceptors (Lipinski definition) is 6. The zero-order chi connectivity index (χ0) is 23.3. The molecule has 0 spiro atoms. The van der Waals surface area contributed by atoms with Gasteiger partial charge in [-0.3, -0.25) is 9.59 Å². The molecule has 1 aromatic carbocycles. The van der Waals surface area contributed by atoms with E-state index in [-0.39, 0.29) is 13.0 Å². The summed E-state index contributed by atoms with van der Waals surface area (Å²) in [5.41, 5.74) is 9.15. The average molecular weight is 468 g/mol. The maximum absolute atomic E-state index is 15.3. The Labute approximate surface area is 195 Å². The molecule has 1 unspecified atom stereocenters. The van der Waals surface area contributed by atoms with Crippen molar-refractivity contribution in [2.24, 2.45) is 5.92 Å². The van der Waals surface area contributed by atoms with Crippen molar-refractivity contribution >= 4 is 44.9 Å². The van der Waals surface area contributed by atoms with Crippen LogP contribution in [-0.2, 0) is 9.59 Å². The monoisotopic (exact) mass is 467 g/mol. The van der Waals surface area contributed by atoms with Crippen molar-refractivity contribution in [3.05, 3.63) is 47.1 Å². The number of hydrogen-bond donors (Lipinski definition) is 2. The first-order valence-electron chi connectivity index (χ1n) is 11.1. The van der Waals surface area contributed by atoms with Crippen LogP contribution in [0.15, 0.2) is 36.0 Å². The summed E-state index contributed by atoms with van der Waals surface area (Å²) < 4.78 is 16.3. The lowest BCUT2D eigenvalue weighted by molar-refractivity contribution is -0.149. The SMILES string of the molecule is C[C@@H]1CN(C(=O)C(=O)Nc2cnc(N)c(C3CC3)c2)[C@@H](c2ccc3scnc3c2)CC1(C)F. The van der Waals surface area contributed by atoms with Crippen LogP contribution in [0.25, 0.3) is 10.2 Å². The van der Waals surface area contributed by atoms with Gasteiger partial charge in [-0.1, -0.05) is 13.0 Å². The molecule has 1 saturated carbocycles. The van der Waals surface area contributed by atoms with E-state index in [0.717, 1.165) is 34.2 Å². The van der Waals surface area contributed by atoms with E-state index in [2.05, 4.69) is 15.3 Å². The number of pyridine rings is 1. The van der Waals surface area contributed by atoms with Gasteiger partial charge < -0.3 is 16.0 Å². The van der Waals surface area contributed by atoms with E-state index < -0.39 is 29.4 Å². The van der Waals surface area contributed by atoms with Crippen LogP contribution in [0.5, 0.6) is 0 Å². The maximum Gasteiger partial charge on any atom is 0.313 e. The van der Waals surface area contributed by atoms with Crippen LogP contribution in [0, 0.1) is 5.92 Å². The lowest BCUT2D eigenvalue weighted by atomic mass is 9.79. The number of piperidine rings is 1. The number of carbonyl (C=O) groups excluding carboxylic acids is 2. The molecule has 7 nitrogen and oxygen atoms in total. The van der Waals surface area contributed by atoms with Gasteiger partial charge in [-0.2, -0.15) is 0 Å². The van der Waals surface area contributed by atoms with Crippen LogP contribution in [0.3, 0.4) is 0 Å². The van der Waals surface area contributed by atoms with Crippen LogP contribution in [0.1, 0.15) is 56.2 Å². The molecule has 172 valence electrons. The number of nitrogens with zero attached hydrogens (tertiary/aromatic N) is 3. The number of rotatable bonds is 3. The molecule has 1 aliphatic carbocycles. The average Bonchev–Trinajstić information content (AvgIpc) is 3.52. The molecule has 1 saturated heterocycles. The highest BCUT2D eigenvalue weighted by atomic mass is 32.1.